The lowest BCUT2D eigenvalue weighted by atomic mass is 10.1. The van der Waals surface area contributed by atoms with Crippen molar-refractivity contribution < 1.29 is 14.3 Å². The molecule has 0 saturated carbocycles. The van der Waals surface area contributed by atoms with E-state index in [0.717, 1.165) is 25.7 Å². The number of alkyl carbamates (subject to hydrolysis) is 1. The second kappa shape index (κ2) is 8.53. The van der Waals surface area contributed by atoms with Gasteiger partial charge in [-0.05, 0) is 19.8 Å². The highest BCUT2D eigenvalue weighted by atomic mass is 16.5. The number of Topliss-reactive ketones (excluding diaryl/α,β-unsaturated/α-hetero) is 1. The zero-order chi connectivity index (χ0) is 10.8. The van der Waals surface area contributed by atoms with Gasteiger partial charge in [0.1, 0.15) is 5.78 Å². The maximum Gasteiger partial charge on any atom is 0.406 e. The van der Waals surface area contributed by atoms with Crippen LogP contribution < -0.4 is 5.32 Å². The van der Waals surface area contributed by atoms with Crippen molar-refractivity contribution in [2.24, 2.45) is 0 Å². The quantitative estimate of drug-likeness (QED) is 0.640. The van der Waals surface area contributed by atoms with E-state index in [2.05, 4.69) is 10.1 Å². The number of carbonyl (C=O) groups excluding carboxylic acids is 2. The van der Waals surface area contributed by atoms with Crippen molar-refractivity contribution in [2.45, 2.75) is 39.0 Å². The zero-order valence-corrected chi connectivity index (χ0v) is 8.97. The summed E-state index contributed by atoms with van der Waals surface area (Å²) in [5, 5.41) is 2.60. The number of hydrogen-bond acceptors (Lipinski definition) is 3. The van der Waals surface area contributed by atoms with Crippen LogP contribution in [0.3, 0.4) is 0 Å². The molecular formula is C10H19NO3. The average Bonchev–Trinajstić information content (AvgIpc) is 2.15. The molecule has 0 aromatic rings. The van der Waals surface area contributed by atoms with Crippen LogP contribution in [0.25, 0.3) is 0 Å². The maximum atomic E-state index is 10.6. The molecule has 0 fully saturated rings. The number of amides is 1. The van der Waals surface area contributed by atoms with E-state index >= 15 is 0 Å². The number of ether oxygens (including phenoxy) is 1. The Morgan fingerprint density at radius 3 is 2.36 bits per heavy atom. The molecule has 1 N–H and O–H groups in total. The van der Waals surface area contributed by atoms with Crippen LogP contribution in [-0.4, -0.2) is 25.5 Å². The predicted octanol–water partition coefficient (Wildman–Crippen LogP) is 1.88. The van der Waals surface area contributed by atoms with E-state index in [1.807, 2.05) is 0 Å². The van der Waals surface area contributed by atoms with Crippen LogP contribution in [-0.2, 0) is 9.53 Å². The van der Waals surface area contributed by atoms with Gasteiger partial charge in [0.2, 0.25) is 0 Å². The average molecular weight is 201 g/mol. The van der Waals surface area contributed by atoms with Gasteiger partial charge >= 0.3 is 6.09 Å². The van der Waals surface area contributed by atoms with Gasteiger partial charge in [-0.3, -0.25) is 0 Å². The summed E-state index contributed by atoms with van der Waals surface area (Å²) in [4.78, 5) is 21.2. The fourth-order valence-corrected chi connectivity index (χ4v) is 1.12. The van der Waals surface area contributed by atoms with Gasteiger partial charge in [0, 0.05) is 13.0 Å². The minimum absolute atomic E-state index is 0.248. The summed E-state index contributed by atoms with van der Waals surface area (Å²) in [6.07, 6.45) is 4.26. The van der Waals surface area contributed by atoms with Crippen LogP contribution in [0, 0.1) is 0 Å². The Labute approximate surface area is 85.0 Å². The summed E-state index contributed by atoms with van der Waals surface area (Å²) in [6.45, 7) is 2.26. The minimum atomic E-state index is -0.381. The molecule has 0 aliphatic rings. The number of hydrogen-bond donors (Lipinski definition) is 1. The van der Waals surface area contributed by atoms with Crippen LogP contribution in [0.2, 0.25) is 0 Å². The number of methoxy groups -OCH3 is 1. The van der Waals surface area contributed by atoms with Crippen molar-refractivity contribution in [1.82, 2.24) is 5.32 Å². The monoisotopic (exact) mass is 201 g/mol. The highest BCUT2D eigenvalue weighted by Gasteiger charge is 1.97. The van der Waals surface area contributed by atoms with Crippen LogP contribution in [0.5, 0.6) is 0 Å². The molecule has 0 spiro atoms. The Hall–Kier alpha value is -1.06. The Balaban J connectivity index is 3.06. The van der Waals surface area contributed by atoms with Crippen LogP contribution in [0.15, 0.2) is 0 Å². The van der Waals surface area contributed by atoms with Gasteiger partial charge in [-0.2, -0.15) is 0 Å². The number of rotatable bonds is 7. The highest BCUT2D eigenvalue weighted by Crippen LogP contribution is 2.02. The summed E-state index contributed by atoms with van der Waals surface area (Å²) < 4.78 is 4.41. The van der Waals surface area contributed by atoms with Gasteiger partial charge in [-0.1, -0.05) is 12.8 Å². The molecule has 0 aromatic heterocycles. The van der Waals surface area contributed by atoms with Crippen molar-refractivity contribution in [3.63, 3.8) is 0 Å². The standard InChI is InChI=1S/C10H19NO3/c1-9(12)7-5-3-4-6-8-11-10(13)14-2/h3-8H2,1-2H3,(H,11,13). The van der Waals surface area contributed by atoms with Gasteiger partial charge in [0.25, 0.3) is 0 Å². The summed E-state index contributed by atoms with van der Waals surface area (Å²) in [6, 6.07) is 0. The highest BCUT2D eigenvalue weighted by molar-refractivity contribution is 5.75. The molecule has 82 valence electrons. The lowest BCUT2D eigenvalue weighted by Crippen LogP contribution is -2.23. The molecule has 4 nitrogen and oxygen atoms in total. The van der Waals surface area contributed by atoms with Gasteiger partial charge in [0.15, 0.2) is 0 Å². The predicted molar refractivity (Wildman–Crippen MR) is 54.2 cm³/mol. The Morgan fingerprint density at radius 2 is 1.79 bits per heavy atom. The number of carbonyl (C=O) groups is 2. The third-order valence-electron chi connectivity index (χ3n) is 1.91. The normalized spacial score (nSPS) is 9.57. The van der Waals surface area contributed by atoms with Gasteiger partial charge in [-0.25, -0.2) is 4.79 Å². The fraction of sp³-hybridized carbons (Fsp3) is 0.800. The Kier molecular flexibility index (Phi) is 7.89. The first-order valence-electron chi connectivity index (χ1n) is 4.98. The van der Waals surface area contributed by atoms with Gasteiger partial charge < -0.3 is 14.8 Å². The van der Waals surface area contributed by atoms with Crippen LogP contribution in [0.4, 0.5) is 4.79 Å². The van der Waals surface area contributed by atoms with Crippen molar-refractivity contribution in [2.75, 3.05) is 13.7 Å². The van der Waals surface area contributed by atoms with Crippen molar-refractivity contribution >= 4 is 11.9 Å². The second-order valence-corrected chi connectivity index (χ2v) is 3.28. The lowest BCUT2D eigenvalue weighted by Gasteiger charge is -2.02. The molecule has 0 radical (unpaired) electrons. The van der Waals surface area contributed by atoms with E-state index in [-0.39, 0.29) is 11.9 Å². The molecule has 0 aliphatic heterocycles. The smallest absolute Gasteiger partial charge is 0.406 e. The zero-order valence-electron chi connectivity index (χ0n) is 8.97. The van der Waals surface area contributed by atoms with Crippen LogP contribution in [0.1, 0.15) is 39.0 Å². The summed E-state index contributed by atoms with van der Waals surface area (Å²) in [5.74, 6) is 0.248. The van der Waals surface area contributed by atoms with E-state index in [1.54, 1.807) is 6.92 Å². The van der Waals surface area contributed by atoms with Crippen molar-refractivity contribution in [3.05, 3.63) is 0 Å². The van der Waals surface area contributed by atoms with Crippen molar-refractivity contribution in [3.8, 4) is 0 Å². The third kappa shape index (κ3) is 9.03. The Bertz CT molecular complexity index is 180. The van der Waals surface area contributed by atoms with E-state index in [9.17, 15) is 9.59 Å². The number of nitrogens with one attached hydrogen (secondary N) is 1. The first-order chi connectivity index (χ1) is 6.66. The van der Waals surface area contributed by atoms with Gasteiger partial charge in [-0.15, -0.1) is 0 Å². The van der Waals surface area contributed by atoms with Crippen LogP contribution >= 0.6 is 0 Å². The van der Waals surface area contributed by atoms with E-state index in [4.69, 9.17) is 0 Å². The van der Waals surface area contributed by atoms with Crippen molar-refractivity contribution in [1.29, 1.82) is 0 Å². The first kappa shape index (κ1) is 12.9. The summed E-state index contributed by atoms with van der Waals surface area (Å²) >= 11 is 0. The molecule has 0 rings (SSSR count). The molecule has 0 aliphatic carbocycles. The lowest BCUT2D eigenvalue weighted by molar-refractivity contribution is -0.117. The molecule has 0 aromatic carbocycles. The summed E-state index contributed by atoms with van der Waals surface area (Å²) in [5.41, 5.74) is 0. The number of unbranched alkanes of at least 4 members (excludes halogenated alkanes) is 3. The summed E-state index contributed by atoms with van der Waals surface area (Å²) in [7, 11) is 1.35. The third-order valence-corrected chi connectivity index (χ3v) is 1.91. The second-order valence-electron chi connectivity index (χ2n) is 3.28. The molecular weight excluding hydrogens is 182 g/mol. The number of ketones is 1. The topological polar surface area (TPSA) is 55.4 Å². The molecule has 0 bridgehead atoms. The minimum Gasteiger partial charge on any atom is -0.453 e. The van der Waals surface area contributed by atoms with E-state index in [1.165, 1.54) is 7.11 Å². The SMILES string of the molecule is COC(=O)NCCCCCCC(C)=O. The molecule has 14 heavy (non-hydrogen) atoms. The molecule has 0 atom stereocenters. The fourth-order valence-electron chi connectivity index (χ4n) is 1.12. The molecule has 0 unspecified atom stereocenters. The molecule has 4 heteroatoms. The molecule has 1 amide bonds. The largest absolute Gasteiger partial charge is 0.453 e. The first-order valence-corrected chi connectivity index (χ1v) is 4.98. The van der Waals surface area contributed by atoms with E-state index < -0.39 is 0 Å². The van der Waals surface area contributed by atoms with Gasteiger partial charge in [0.05, 0.1) is 7.11 Å². The Morgan fingerprint density at radius 1 is 1.14 bits per heavy atom. The van der Waals surface area contributed by atoms with E-state index in [0.29, 0.717) is 13.0 Å². The molecule has 0 heterocycles. The molecule has 0 saturated heterocycles. The maximum absolute atomic E-state index is 10.6.